The summed E-state index contributed by atoms with van der Waals surface area (Å²) in [7, 11) is 0. The first-order valence-corrected chi connectivity index (χ1v) is 25.2. The normalized spacial score (nSPS) is 12.1. The average molecular weight is 807 g/mol. The Morgan fingerprint density at radius 1 is 0.333 bits per heavy atom. The van der Waals surface area contributed by atoms with Crippen LogP contribution < -0.4 is 0 Å². The van der Waals surface area contributed by atoms with Crippen molar-refractivity contribution >= 4 is 17.9 Å². The van der Waals surface area contributed by atoms with E-state index in [2.05, 4.69) is 34.6 Å². The average Bonchev–Trinajstić information content (AvgIpc) is 3.18. The van der Waals surface area contributed by atoms with Gasteiger partial charge in [-0.1, -0.05) is 240 Å². The second-order valence-corrected chi connectivity index (χ2v) is 18.4. The van der Waals surface area contributed by atoms with Gasteiger partial charge in [0.2, 0.25) is 0 Å². The van der Waals surface area contributed by atoms with Crippen LogP contribution in [0, 0.1) is 11.8 Å². The van der Waals surface area contributed by atoms with E-state index in [4.69, 9.17) is 14.2 Å². The number of hydrogen-bond acceptors (Lipinski definition) is 6. The van der Waals surface area contributed by atoms with E-state index in [0.29, 0.717) is 19.3 Å². The summed E-state index contributed by atoms with van der Waals surface area (Å²) in [5, 5.41) is 0. The van der Waals surface area contributed by atoms with Gasteiger partial charge in [-0.25, -0.2) is 0 Å². The molecule has 1 atom stereocenters. The number of carbonyl (C=O) groups excluding carboxylic acids is 3. The van der Waals surface area contributed by atoms with Crippen LogP contribution in [0.4, 0.5) is 0 Å². The van der Waals surface area contributed by atoms with Gasteiger partial charge in [-0.3, -0.25) is 14.4 Å². The molecule has 0 bridgehead atoms. The smallest absolute Gasteiger partial charge is 0.306 e. The lowest BCUT2D eigenvalue weighted by Gasteiger charge is -2.18. The van der Waals surface area contributed by atoms with Gasteiger partial charge in [-0.15, -0.1) is 0 Å². The van der Waals surface area contributed by atoms with E-state index < -0.39 is 6.10 Å². The fourth-order valence-corrected chi connectivity index (χ4v) is 7.64. The molecule has 0 saturated heterocycles. The fraction of sp³-hybridized carbons (Fsp3) is 0.941. The maximum atomic E-state index is 12.7. The van der Waals surface area contributed by atoms with Gasteiger partial charge in [0.1, 0.15) is 13.2 Å². The summed E-state index contributed by atoms with van der Waals surface area (Å²) in [5.74, 6) is 0.773. The predicted octanol–water partition coefficient (Wildman–Crippen LogP) is 16.1. The van der Waals surface area contributed by atoms with Crippen LogP contribution in [-0.4, -0.2) is 37.2 Å². The van der Waals surface area contributed by atoms with Crippen LogP contribution in [-0.2, 0) is 28.6 Å². The van der Waals surface area contributed by atoms with Crippen molar-refractivity contribution in [2.24, 2.45) is 11.8 Å². The third kappa shape index (κ3) is 45.3. The molecule has 0 unspecified atom stereocenters. The van der Waals surface area contributed by atoms with Crippen molar-refractivity contribution in [3.8, 4) is 0 Å². The zero-order valence-corrected chi connectivity index (χ0v) is 39.0. The SMILES string of the molecule is CCCCCCCCCCCCCC(=O)OC[C@H](COC(=O)CCCCCCCCCCCCCCCCCC(C)C)OC(=O)CCCCCCCCCC(C)C. The van der Waals surface area contributed by atoms with Crippen LogP contribution in [0.15, 0.2) is 0 Å². The predicted molar refractivity (Wildman–Crippen MR) is 243 cm³/mol. The van der Waals surface area contributed by atoms with E-state index in [0.717, 1.165) is 69.6 Å². The largest absolute Gasteiger partial charge is 0.462 e. The Morgan fingerprint density at radius 3 is 0.860 bits per heavy atom. The number of carbonyl (C=O) groups is 3. The van der Waals surface area contributed by atoms with Crippen LogP contribution in [0.2, 0.25) is 0 Å². The van der Waals surface area contributed by atoms with E-state index in [1.807, 2.05) is 0 Å². The molecule has 0 aliphatic heterocycles. The molecule has 0 aliphatic rings. The van der Waals surface area contributed by atoms with Crippen molar-refractivity contribution in [3.05, 3.63) is 0 Å². The highest BCUT2D eigenvalue weighted by molar-refractivity contribution is 5.71. The first-order chi connectivity index (χ1) is 27.7. The van der Waals surface area contributed by atoms with E-state index in [1.165, 1.54) is 167 Å². The van der Waals surface area contributed by atoms with Crippen molar-refractivity contribution in [2.75, 3.05) is 13.2 Å². The Hall–Kier alpha value is -1.59. The number of esters is 3. The van der Waals surface area contributed by atoms with Gasteiger partial charge in [0.25, 0.3) is 0 Å². The van der Waals surface area contributed by atoms with Gasteiger partial charge >= 0.3 is 17.9 Å². The summed E-state index contributed by atoms with van der Waals surface area (Å²) >= 11 is 0. The minimum Gasteiger partial charge on any atom is -0.462 e. The molecule has 0 spiro atoms. The van der Waals surface area contributed by atoms with E-state index in [9.17, 15) is 14.4 Å². The molecule has 0 aliphatic carbocycles. The maximum absolute atomic E-state index is 12.7. The molecule has 57 heavy (non-hydrogen) atoms. The summed E-state index contributed by atoms with van der Waals surface area (Å²) in [6.07, 6.45) is 43.8. The Balaban J connectivity index is 4.24. The van der Waals surface area contributed by atoms with Crippen molar-refractivity contribution in [1.82, 2.24) is 0 Å². The van der Waals surface area contributed by atoms with Crippen LogP contribution in [0.25, 0.3) is 0 Å². The Morgan fingerprint density at radius 2 is 0.579 bits per heavy atom. The molecule has 338 valence electrons. The molecule has 0 heterocycles. The second kappa shape index (κ2) is 44.0. The van der Waals surface area contributed by atoms with Gasteiger partial charge in [-0.2, -0.15) is 0 Å². The zero-order valence-electron chi connectivity index (χ0n) is 39.0. The molecule has 0 rings (SSSR count). The number of ether oxygens (including phenoxy) is 3. The van der Waals surface area contributed by atoms with Gasteiger partial charge in [0.15, 0.2) is 6.10 Å². The first-order valence-electron chi connectivity index (χ1n) is 25.2. The standard InChI is InChI=1S/C51H98O6/c1-6-7-8-9-10-11-17-21-26-31-36-41-49(52)55-44-48(57-51(54)43-38-33-28-23-25-30-35-40-47(4)5)45-56-50(53)42-37-32-27-22-19-16-14-12-13-15-18-20-24-29-34-39-46(2)3/h46-48H,6-45H2,1-5H3/t48-/m1/s1. The van der Waals surface area contributed by atoms with Crippen LogP contribution in [0.5, 0.6) is 0 Å². The van der Waals surface area contributed by atoms with E-state index in [-0.39, 0.29) is 31.1 Å². The van der Waals surface area contributed by atoms with Gasteiger partial charge in [-0.05, 0) is 31.1 Å². The monoisotopic (exact) mass is 807 g/mol. The van der Waals surface area contributed by atoms with Crippen molar-refractivity contribution in [2.45, 2.75) is 285 Å². The van der Waals surface area contributed by atoms with E-state index in [1.54, 1.807) is 0 Å². The molecular weight excluding hydrogens is 709 g/mol. The van der Waals surface area contributed by atoms with Crippen molar-refractivity contribution in [1.29, 1.82) is 0 Å². The van der Waals surface area contributed by atoms with Crippen molar-refractivity contribution < 1.29 is 28.6 Å². The number of rotatable bonds is 45. The molecule has 6 heteroatoms. The highest BCUT2D eigenvalue weighted by Crippen LogP contribution is 2.17. The lowest BCUT2D eigenvalue weighted by molar-refractivity contribution is -0.167. The van der Waals surface area contributed by atoms with E-state index >= 15 is 0 Å². The van der Waals surface area contributed by atoms with Crippen LogP contribution in [0.1, 0.15) is 279 Å². The molecule has 0 N–H and O–H groups in total. The van der Waals surface area contributed by atoms with Gasteiger partial charge < -0.3 is 14.2 Å². The molecule has 0 radical (unpaired) electrons. The highest BCUT2D eigenvalue weighted by Gasteiger charge is 2.19. The summed E-state index contributed by atoms with van der Waals surface area (Å²) < 4.78 is 16.8. The molecular formula is C51H98O6. The summed E-state index contributed by atoms with van der Waals surface area (Å²) in [6.45, 7) is 11.3. The molecule has 0 aromatic carbocycles. The van der Waals surface area contributed by atoms with Gasteiger partial charge in [0.05, 0.1) is 0 Å². The fourth-order valence-electron chi connectivity index (χ4n) is 7.64. The first kappa shape index (κ1) is 55.4. The lowest BCUT2D eigenvalue weighted by Crippen LogP contribution is -2.30. The lowest BCUT2D eigenvalue weighted by atomic mass is 10.0. The maximum Gasteiger partial charge on any atom is 0.306 e. The molecule has 0 fully saturated rings. The van der Waals surface area contributed by atoms with Crippen LogP contribution >= 0.6 is 0 Å². The molecule has 0 aromatic rings. The Bertz CT molecular complexity index is 870. The second-order valence-electron chi connectivity index (χ2n) is 18.4. The number of hydrogen-bond donors (Lipinski definition) is 0. The molecule has 0 amide bonds. The number of unbranched alkanes of at least 4 members (excludes halogenated alkanes) is 30. The topological polar surface area (TPSA) is 78.9 Å². The Labute approximate surface area is 355 Å². The minimum absolute atomic E-state index is 0.0645. The molecule has 6 nitrogen and oxygen atoms in total. The third-order valence-corrected chi connectivity index (χ3v) is 11.5. The summed E-state index contributed by atoms with van der Waals surface area (Å²) in [6, 6.07) is 0. The Kier molecular flexibility index (Phi) is 42.7. The van der Waals surface area contributed by atoms with Crippen molar-refractivity contribution in [3.63, 3.8) is 0 Å². The minimum atomic E-state index is -0.761. The van der Waals surface area contributed by atoms with Gasteiger partial charge in [0, 0.05) is 19.3 Å². The summed E-state index contributed by atoms with van der Waals surface area (Å²) in [5.41, 5.74) is 0. The summed E-state index contributed by atoms with van der Waals surface area (Å²) in [4.78, 5) is 37.8. The molecule has 0 saturated carbocycles. The highest BCUT2D eigenvalue weighted by atomic mass is 16.6. The van der Waals surface area contributed by atoms with Crippen LogP contribution in [0.3, 0.4) is 0 Å². The quantitative estimate of drug-likeness (QED) is 0.0346. The zero-order chi connectivity index (χ0) is 41.9. The third-order valence-electron chi connectivity index (χ3n) is 11.5. The molecule has 0 aromatic heterocycles.